The number of nitrogens with zero attached hydrogens (tertiary/aromatic N) is 1. The maximum Gasteiger partial charge on any atom is 0.123 e. The van der Waals surface area contributed by atoms with Crippen LogP contribution in [0.4, 0.5) is 4.39 Å². The van der Waals surface area contributed by atoms with Crippen LogP contribution in [-0.2, 0) is 6.54 Å². The summed E-state index contributed by atoms with van der Waals surface area (Å²) in [6, 6.07) is 5.04. The summed E-state index contributed by atoms with van der Waals surface area (Å²) in [6.07, 6.45) is 0. The van der Waals surface area contributed by atoms with Gasteiger partial charge in [-0.2, -0.15) is 0 Å². The van der Waals surface area contributed by atoms with Gasteiger partial charge >= 0.3 is 0 Å². The summed E-state index contributed by atoms with van der Waals surface area (Å²) in [5.74, 6) is 0.739. The summed E-state index contributed by atoms with van der Waals surface area (Å²) in [6.45, 7) is 7.93. The molecule has 0 aromatic heterocycles. The third-order valence-electron chi connectivity index (χ3n) is 3.52. The lowest BCUT2D eigenvalue weighted by Gasteiger charge is -2.23. The van der Waals surface area contributed by atoms with Crippen molar-refractivity contribution in [2.75, 3.05) is 20.2 Å². The highest BCUT2D eigenvalue weighted by atomic mass is 19.1. The van der Waals surface area contributed by atoms with E-state index in [0.29, 0.717) is 24.9 Å². The van der Waals surface area contributed by atoms with Crippen LogP contribution in [0.1, 0.15) is 37.8 Å². The smallest absolute Gasteiger partial charge is 0.123 e. The Morgan fingerprint density at radius 2 is 1.94 bits per heavy atom. The number of hydrogen-bond acceptors (Lipinski definition) is 2. The Kier molecular flexibility index (Phi) is 5.76. The molecule has 0 aliphatic carbocycles. The van der Waals surface area contributed by atoms with Gasteiger partial charge in [-0.25, -0.2) is 4.39 Å². The average molecular weight is 253 g/mol. The van der Waals surface area contributed by atoms with Gasteiger partial charge in [0.05, 0.1) is 6.61 Å². The zero-order chi connectivity index (χ0) is 13.7. The molecule has 0 unspecified atom stereocenters. The van der Waals surface area contributed by atoms with Crippen LogP contribution in [-0.4, -0.2) is 30.2 Å². The molecule has 0 spiro atoms. The number of aliphatic hydroxyl groups excluding tert-OH is 1. The molecule has 0 heterocycles. The maximum atomic E-state index is 13.4. The highest BCUT2D eigenvalue weighted by Crippen LogP contribution is 2.28. The SMILES string of the molecule is CC(C)[C@H](C)c1ccc(F)cc1CN(C)CCO. The molecule has 0 aliphatic rings. The predicted octanol–water partition coefficient (Wildman–Crippen LogP) is 3.01. The van der Waals surface area contributed by atoms with Crippen molar-refractivity contribution < 1.29 is 9.50 Å². The molecular weight excluding hydrogens is 229 g/mol. The summed E-state index contributed by atoms with van der Waals surface area (Å²) in [7, 11) is 1.94. The average Bonchev–Trinajstić information content (AvgIpc) is 2.28. The van der Waals surface area contributed by atoms with Crippen molar-refractivity contribution in [3.8, 4) is 0 Å². The largest absolute Gasteiger partial charge is 0.395 e. The summed E-state index contributed by atoms with van der Waals surface area (Å²) in [4.78, 5) is 2.01. The zero-order valence-corrected chi connectivity index (χ0v) is 11.8. The minimum Gasteiger partial charge on any atom is -0.395 e. The van der Waals surface area contributed by atoms with Crippen molar-refractivity contribution in [2.24, 2.45) is 5.92 Å². The van der Waals surface area contributed by atoms with Gasteiger partial charge in [-0.1, -0.05) is 26.8 Å². The lowest BCUT2D eigenvalue weighted by Crippen LogP contribution is -2.23. The predicted molar refractivity (Wildman–Crippen MR) is 73.1 cm³/mol. The Hall–Kier alpha value is -0.930. The van der Waals surface area contributed by atoms with Crippen molar-refractivity contribution in [1.29, 1.82) is 0 Å². The molecule has 0 saturated heterocycles. The maximum absolute atomic E-state index is 13.4. The van der Waals surface area contributed by atoms with Crippen LogP contribution in [0.25, 0.3) is 0 Å². The number of aliphatic hydroxyl groups is 1. The molecule has 1 aromatic carbocycles. The summed E-state index contributed by atoms with van der Waals surface area (Å²) in [5.41, 5.74) is 2.23. The van der Waals surface area contributed by atoms with Crippen molar-refractivity contribution in [3.63, 3.8) is 0 Å². The molecule has 0 saturated carbocycles. The van der Waals surface area contributed by atoms with E-state index in [9.17, 15) is 4.39 Å². The number of halogens is 1. The molecule has 1 N–H and O–H groups in total. The first kappa shape index (κ1) is 15.1. The molecule has 1 rings (SSSR count). The van der Waals surface area contributed by atoms with Gasteiger partial charge in [0.15, 0.2) is 0 Å². The van der Waals surface area contributed by atoms with E-state index in [1.165, 1.54) is 11.6 Å². The summed E-state index contributed by atoms with van der Waals surface area (Å²) < 4.78 is 13.4. The van der Waals surface area contributed by atoms with Gasteiger partial charge in [-0.05, 0) is 42.1 Å². The lowest BCUT2D eigenvalue weighted by atomic mass is 9.87. The lowest BCUT2D eigenvalue weighted by molar-refractivity contribution is 0.216. The fourth-order valence-corrected chi connectivity index (χ4v) is 2.06. The molecule has 0 fully saturated rings. The fourth-order valence-electron chi connectivity index (χ4n) is 2.06. The zero-order valence-electron chi connectivity index (χ0n) is 11.8. The molecule has 102 valence electrons. The monoisotopic (exact) mass is 253 g/mol. The van der Waals surface area contributed by atoms with Crippen molar-refractivity contribution in [2.45, 2.75) is 33.2 Å². The Balaban J connectivity index is 2.96. The van der Waals surface area contributed by atoms with Crippen LogP contribution in [0.2, 0.25) is 0 Å². The van der Waals surface area contributed by atoms with Crippen LogP contribution in [0.5, 0.6) is 0 Å². The Morgan fingerprint density at radius 1 is 1.28 bits per heavy atom. The highest BCUT2D eigenvalue weighted by Gasteiger charge is 2.15. The van der Waals surface area contributed by atoms with Gasteiger partial charge in [-0.15, -0.1) is 0 Å². The van der Waals surface area contributed by atoms with Crippen LogP contribution in [0.15, 0.2) is 18.2 Å². The van der Waals surface area contributed by atoms with Gasteiger partial charge in [0.2, 0.25) is 0 Å². The molecule has 0 radical (unpaired) electrons. The van der Waals surface area contributed by atoms with E-state index in [-0.39, 0.29) is 12.4 Å². The molecule has 0 amide bonds. The summed E-state index contributed by atoms with van der Waals surface area (Å²) >= 11 is 0. The quantitative estimate of drug-likeness (QED) is 0.842. The standard InChI is InChI=1S/C15H24FNO/c1-11(2)12(3)15-6-5-14(16)9-13(15)10-17(4)7-8-18/h5-6,9,11-12,18H,7-8,10H2,1-4H3/t12-/m0/s1. The molecule has 1 aromatic rings. The van der Waals surface area contributed by atoms with Gasteiger partial charge in [0.1, 0.15) is 5.82 Å². The van der Waals surface area contributed by atoms with E-state index in [1.54, 1.807) is 6.07 Å². The van der Waals surface area contributed by atoms with Crippen LogP contribution < -0.4 is 0 Å². The van der Waals surface area contributed by atoms with Gasteiger partial charge in [0.25, 0.3) is 0 Å². The van der Waals surface area contributed by atoms with E-state index in [1.807, 2.05) is 18.0 Å². The van der Waals surface area contributed by atoms with Crippen LogP contribution in [0, 0.1) is 11.7 Å². The molecular formula is C15H24FNO. The molecule has 18 heavy (non-hydrogen) atoms. The topological polar surface area (TPSA) is 23.5 Å². The second kappa shape index (κ2) is 6.86. The van der Waals surface area contributed by atoms with Crippen molar-refractivity contribution in [1.82, 2.24) is 4.90 Å². The van der Waals surface area contributed by atoms with E-state index in [2.05, 4.69) is 20.8 Å². The first-order valence-corrected chi connectivity index (χ1v) is 6.53. The molecule has 1 atom stereocenters. The van der Waals surface area contributed by atoms with Gasteiger partial charge in [-0.3, -0.25) is 4.90 Å². The second-order valence-electron chi connectivity index (χ2n) is 5.34. The number of likely N-dealkylation sites (N-methyl/N-ethyl adjacent to an activating group) is 1. The molecule has 0 bridgehead atoms. The third-order valence-corrected chi connectivity index (χ3v) is 3.52. The number of rotatable bonds is 6. The summed E-state index contributed by atoms with van der Waals surface area (Å²) in [5, 5.41) is 8.92. The molecule has 2 nitrogen and oxygen atoms in total. The number of benzene rings is 1. The van der Waals surface area contributed by atoms with Crippen LogP contribution >= 0.6 is 0 Å². The van der Waals surface area contributed by atoms with E-state index >= 15 is 0 Å². The number of hydrogen-bond donors (Lipinski definition) is 1. The first-order chi connectivity index (χ1) is 8.45. The Bertz CT molecular complexity index is 379. The van der Waals surface area contributed by atoms with Gasteiger partial charge in [0, 0.05) is 13.1 Å². The molecule has 3 heteroatoms. The first-order valence-electron chi connectivity index (χ1n) is 6.53. The highest BCUT2D eigenvalue weighted by molar-refractivity contribution is 5.31. The van der Waals surface area contributed by atoms with Crippen molar-refractivity contribution >= 4 is 0 Å². The van der Waals surface area contributed by atoms with E-state index < -0.39 is 0 Å². The van der Waals surface area contributed by atoms with E-state index in [4.69, 9.17) is 5.11 Å². The Morgan fingerprint density at radius 3 is 2.50 bits per heavy atom. The van der Waals surface area contributed by atoms with Crippen LogP contribution in [0.3, 0.4) is 0 Å². The minimum absolute atomic E-state index is 0.126. The third kappa shape index (κ3) is 4.07. The van der Waals surface area contributed by atoms with E-state index in [0.717, 1.165) is 5.56 Å². The van der Waals surface area contributed by atoms with Crippen molar-refractivity contribution in [3.05, 3.63) is 35.1 Å². The fraction of sp³-hybridized carbons (Fsp3) is 0.600. The second-order valence-corrected chi connectivity index (χ2v) is 5.34. The molecule has 0 aliphatic heterocycles. The van der Waals surface area contributed by atoms with Gasteiger partial charge < -0.3 is 5.11 Å². The normalized spacial score (nSPS) is 13.3. The minimum atomic E-state index is -0.192. The Labute approximate surface area is 109 Å².